The Bertz CT molecular complexity index is 671. The molecule has 1 aromatic rings. The third kappa shape index (κ3) is 4.88. The minimum absolute atomic E-state index is 0.0443. The summed E-state index contributed by atoms with van der Waals surface area (Å²) in [4.78, 5) is 26.9. The zero-order valence-electron chi connectivity index (χ0n) is 14.8. The molecule has 0 fully saturated rings. The molecule has 0 atom stereocenters. The largest absolute Gasteiger partial charge is 0.362 e. The number of nitriles is 2. The molecule has 0 saturated heterocycles. The van der Waals surface area contributed by atoms with Crippen LogP contribution in [-0.2, 0) is 17.8 Å². The average Bonchev–Trinajstić information content (AvgIpc) is 2.61. The molecule has 0 aliphatic carbocycles. The van der Waals surface area contributed by atoms with Gasteiger partial charge in [0.25, 0.3) is 0 Å². The summed E-state index contributed by atoms with van der Waals surface area (Å²) in [5.41, 5.74) is 2.10. The van der Waals surface area contributed by atoms with Crippen LogP contribution in [0.4, 0.5) is 5.82 Å². The third-order valence-corrected chi connectivity index (χ3v) is 4.18. The van der Waals surface area contributed by atoms with Crippen LogP contribution in [0.2, 0.25) is 0 Å². The van der Waals surface area contributed by atoms with Crippen LogP contribution in [0.1, 0.15) is 24.1 Å². The molecule has 1 aromatic heterocycles. The molecule has 1 aliphatic heterocycles. The Morgan fingerprint density at radius 2 is 1.92 bits per heavy atom. The summed E-state index contributed by atoms with van der Waals surface area (Å²) in [5, 5.41) is 17.5. The first-order valence-corrected chi connectivity index (χ1v) is 8.31. The summed E-state index contributed by atoms with van der Waals surface area (Å²) in [5.74, 6) is 0.838. The van der Waals surface area contributed by atoms with Crippen molar-refractivity contribution in [3.05, 3.63) is 17.6 Å². The second-order valence-electron chi connectivity index (χ2n) is 6.17. The number of hydrogen-bond acceptors (Lipinski definition) is 7. The molecule has 8 heteroatoms. The quantitative estimate of drug-likeness (QED) is 0.714. The van der Waals surface area contributed by atoms with Crippen LogP contribution in [-0.4, -0.2) is 65.9 Å². The van der Waals surface area contributed by atoms with E-state index in [1.807, 2.05) is 19.0 Å². The Morgan fingerprint density at radius 1 is 1.24 bits per heavy atom. The monoisotopic (exact) mass is 341 g/mol. The lowest BCUT2D eigenvalue weighted by Gasteiger charge is -2.31. The minimum Gasteiger partial charge on any atom is -0.362 e. The molecule has 25 heavy (non-hydrogen) atoms. The molecule has 8 nitrogen and oxygen atoms in total. The van der Waals surface area contributed by atoms with Crippen LogP contribution in [0.5, 0.6) is 0 Å². The van der Waals surface area contributed by atoms with Gasteiger partial charge in [-0.25, -0.2) is 9.97 Å². The number of amides is 1. The van der Waals surface area contributed by atoms with E-state index in [-0.39, 0.29) is 25.3 Å². The fourth-order valence-corrected chi connectivity index (χ4v) is 2.92. The van der Waals surface area contributed by atoms with E-state index < -0.39 is 0 Å². The van der Waals surface area contributed by atoms with Gasteiger partial charge < -0.3 is 9.80 Å². The van der Waals surface area contributed by atoms with Gasteiger partial charge in [-0.05, 0) is 0 Å². The van der Waals surface area contributed by atoms with Crippen LogP contribution in [0.15, 0.2) is 6.33 Å². The molecule has 1 amide bonds. The fourth-order valence-electron chi connectivity index (χ4n) is 2.92. The Kier molecular flexibility index (Phi) is 6.67. The molecule has 1 aliphatic rings. The highest BCUT2D eigenvalue weighted by Gasteiger charge is 2.24. The van der Waals surface area contributed by atoms with Crippen molar-refractivity contribution in [3.8, 4) is 12.1 Å². The van der Waals surface area contributed by atoms with Gasteiger partial charge in [-0.2, -0.15) is 10.5 Å². The normalized spacial score (nSPS) is 13.4. The standard InChI is InChI=1S/C17H23N7O/c1-22(2)17-14-11-23(10-5-15(14)20-13-21-17)12-16(25)24(8-3-6-18)9-4-7-19/h13H,3-5,8-12H2,1-2H3. The summed E-state index contributed by atoms with van der Waals surface area (Å²) < 4.78 is 0. The van der Waals surface area contributed by atoms with Crippen molar-refractivity contribution in [2.45, 2.75) is 25.8 Å². The van der Waals surface area contributed by atoms with Crippen LogP contribution >= 0.6 is 0 Å². The highest BCUT2D eigenvalue weighted by molar-refractivity contribution is 5.78. The Labute approximate surface area is 148 Å². The van der Waals surface area contributed by atoms with Gasteiger partial charge in [0.05, 0.1) is 37.2 Å². The van der Waals surface area contributed by atoms with Crippen LogP contribution < -0.4 is 4.90 Å². The van der Waals surface area contributed by atoms with E-state index in [4.69, 9.17) is 10.5 Å². The minimum atomic E-state index is -0.0443. The lowest BCUT2D eigenvalue weighted by atomic mass is 10.1. The van der Waals surface area contributed by atoms with E-state index in [0.717, 1.165) is 30.0 Å². The topological polar surface area (TPSA) is 100 Å². The molecule has 0 spiro atoms. The molecule has 132 valence electrons. The number of aromatic nitrogens is 2. The maximum atomic E-state index is 12.6. The van der Waals surface area contributed by atoms with Gasteiger partial charge >= 0.3 is 0 Å². The maximum absolute atomic E-state index is 12.6. The molecule has 0 unspecified atom stereocenters. The van der Waals surface area contributed by atoms with Crippen LogP contribution in [0, 0.1) is 22.7 Å². The highest BCUT2D eigenvalue weighted by Crippen LogP contribution is 2.24. The molecule has 0 N–H and O–H groups in total. The number of carbonyl (C=O) groups is 1. The van der Waals surface area contributed by atoms with Crippen molar-refractivity contribution < 1.29 is 4.79 Å². The molecular formula is C17H23N7O. The third-order valence-electron chi connectivity index (χ3n) is 4.18. The SMILES string of the molecule is CN(C)c1ncnc2c1CN(CC(=O)N(CCC#N)CCC#N)CC2. The molecule has 0 aromatic carbocycles. The van der Waals surface area contributed by atoms with Gasteiger partial charge in [0.15, 0.2) is 0 Å². The number of nitrogens with zero attached hydrogens (tertiary/aromatic N) is 7. The van der Waals surface area contributed by atoms with Gasteiger partial charge in [-0.15, -0.1) is 0 Å². The molecule has 0 saturated carbocycles. The molecular weight excluding hydrogens is 318 g/mol. The number of fused-ring (bicyclic) bond motifs is 1. The van der Waals surface area contributed by atoms with Gasteiger partial charge in [-0.1, -0.05) is 0 Å². The van der Waals surface area contributed by atoms with E-state index in [2.05, 4.69) is 27.0 Å². The summed E-state index contributed by atoms with van der Waals surface area (Å²) in [6, 6.07) is 4.11. The molecule has 0 radical (unpaired) electrons. The van der Waals surface area contributed by atoms with E-state index in [1.54, 1.807) is 11.2 Å². The Hall–Kier alpha value is -2.71. The van der Waals surface area contributed by atoms with E-state index >= 15 is 0 Å². The first kappa shape index (κ1) is 18.6. The van der Waals surface area contributed by atoms with E-state index in [0.29, 0.717) is 19.6 Å². The Morgan fingerprint density at radius 3 is 2.52 bits per heavy atom. The van der Waals surface area contributed by atoms with Crippen molar-refractivity contribution in [1.82, 2.24) is 19.8 Å². The van der Waals surface area contributed by atoms with Gasteiger partial charge in [0.2, 0.25) is 5.91 Å². The van der Waals surface area contributed by atoms with Crippen molar-refractivity contribution in [2.75, 3.05) is 45.2 Å². The zero-order valence-corrected chi connectivity index (χ0v) is 14.8. The van der Waals surface area contributed by atoms with Gasteiger partial charge in [-0.3, -0.25) is 9.69 Å². The van der Waals surface area contributed by atoms with Gasteiger partial charge in [0, 0.05) is 52.3 Å². The summed E-state index contributed by atoms with van der Waals surface area (Å²) in [6.45, 7) is 2.39. The fraction of sp³-hybridized carbons (Fsp3) is 0.588. The highest BCUT2D eigenvalue weighted by atomic mass is 16.2. The first-order chi connectivity index (χ1) is 12.1. The number of hydrogen-bond donors (Lipinski definition) is 0. The molecule has 0 bridgehead atoms. The van der Waals surface area contributed by atoms with Crippen molar-refractivity contribution in [1.29, 1.82) is 10.5 Å². The number of anilines is 1. The second kappa shape index (κ2) is 8.95. The number of rotatable bonds is 7. The van der Waals surface area contributed by atoms with E-state index in [1.165, 1.54) is 0 Å². The predicted molar refractivity (Wildman–Crippen MR) is 92.4 cm³/mol. The maximum Gasteiger partial charge on any atom is 0.236 e. The van der Waals surface area contributed by atoms with Crippen molar-refractivity contribution in [2.24, 2.45) is 0 Å². The van der Waals surface area contributed by atoms with Gasteiger partial charge in [0.1, 0.15) is 12.1 Å². The molecule has 2 heterocycles. The lowest BCUT2D eigenvalue weighted by molar-refractivity contribution is -0.132. The number of carbonyl (C=O) groups excluding carboxylic acids is 1. The summed E-state index contributed by atoms with van der Waals surface area (Å²) in [7, 11) is 3.89. The summed E-state index contributed by atoms with van der Waals surface area (Å²) in [6.07, 6.45) is 2.92. The van der Waals surface area contributed by atoms with E-state index in [9.17, 15) is 4.79 Å². The Balaban J connectivity index is 2.05. The second-order valence-corrected chi connectivity index (χ2v) is 6.17. The zero-order chi connectivity index (χ0) is 18.2. The smallest absolute Gasteiger partial charge is 0.236 e. The predicted octanol–water partition coefficient (Wildman–Crippen LogP) is 0.557. The average molecular weight is 341 g/mol. The van der Waals surface area contributed by atoms with Crippen molar-refractivity contribution in [3.63, 3.8) is 0 Å². The first-order valence-electron chi connectivity index (χ1n) is 8.31. The van der Waals surface area contributed by atoms with Crippen molar-refractivity contribution >= 4 is 11.7 Å². The lowest BCUT2D eigenvalue weighted by Crippen LogP contribution is -2.43. The molecule has 2 rings (SSSR count). The summed E-state index contributed by atoms with van der Waals surface area (Å²) >= 11 is 0. The van der Waals surface area contributed by atoms with Crippen LogP contribution in [0.25, 0.3) is 0 Å². The van der Waals surface area contributed by atoms with Crippen LogP contribution in [0.3, 0.4) is 0 Å².